The standard InChI is InChI=1S/C26H21N7O2/c1-35-21-6-2-4-17(12-21)15-29-33-25(34)24-14-19-13-20(7-8-22(19)31-24)30-26-28-11-9-23(32-26)18-5-3-10-27-16-18/h2-16,31H,1H3,(H,33,34)(H,28,30,32)/b29-15+. The van der Waals surface area contributed by atoms with E-state index in [1.807, 2.05) is 60.7 Å². The first-order valence-corrected chi connectivity index (χ1v) is 10.8. The average molecular weight is 464 g/mol. The number of aromatic amines is 1. The Balaban J connectivity index is 1.28. The molecule has 3 aromatic heterocycles. The summed E-state index contributed by atoms with van der Waals surface area (Å²) in [5.74, 6) is 0.836. The van der Waals surface area contributed by atoms with E-state index in [-0.39, 0.29) is 5.91 Å². The molecule has 3 N–H and O–H groups in total. The van der Waals surface area contributed by atoms with Crippen LogP contribution in [0, 0.1) is 0 Å². The van der Waals surface area contributed by atoms with Crippen LogP contribution in [0.25, 0.3) is 22.2 Å². The Morgan fingerprint density at radius 2 is 2.00 bits per heavy atom. The van der Waals surface area contributed by atoms with Crippen molar-refractivity contribution in [3.8, 4) is 17.0 Å². The van der Waals surface area contributed by atoms with Crippen LogP contribution >= 0.6 is 0 Å². The number of H-pyrrole nitrogens is 1. The van der Waals surface area contributed by atoms with Gasteiger partial charge in [0.25, 0.3) is 5.91 Å². The number of anilines is 2. The van der Waals surface area contributed by atoms with Crippen molar-refractivity contribution in [2.75, 3.05) is 12.4 Å². The van der Waals surface area contributed by atoms with Gasteiger partial charge in [-0.2, -0.15) is 5.10 Å². The first kappa shape index (κ1) is 21.8. The highest BCUT2D eigenvalue weighted by Gasteiger charge is 2.10. The van der Waals surface area contributed by atoms with E-state index in [1.165, 1.54) is 0 Å². The highest BCUT2D eigenvalue weighted by molar-refractivity contribution is 5.99. The molecule has 0 unspecified atom stereocenters. The number of aromatic nitrogens is 4. The summed E-state index contributed by atoms with van der Waals surface area (Å²) in [6.45, 7) is 0. The van der Waals surface area contributed by atoms with Gasteiger partial charge in [-0.25, -0.2) is 15.4 Å². The predicted octanol–water partition coefficient (Wildman–Crippen LogP) is 4.54. The number of carbonyl (C=O) groups excluding carboxylic acids is 1. The molecule has 9 heteroatoms. The molecule has 5 aromatic rings. The van der Waals surface area contributed by atoms with Gasteiger partial charge in [-0.1, -0.05) is 12.1 Å². The summed E-state index contributed by atoms with van der Waals surface area (Å²) in [5.41, 5.74) is 7.04. The molecule has 9 nitrogen and oxygen atoms in total. The number of pyridine rings is 1. The van der Waals surface area contributed by atoms with Crippen molar-refractivity contribution in [2.45, 2.75) is 0 Å². The minimum absolute atomic E-state index is 0.345. The second-order valence-corrected chi connectivity index (χ2v) is 7.59. The number of ether oxygens (including phenoxy) is 1. The lowest BCUT2D eigenvalue weighted by Crippen LogP contribution is -2.17. The van der Waals surface area contributed by atoms with Gasteiger partial charge in [-0.15, -0.1) is 0 Å². The van der Waals surface area contributed by atoms with Gasteiger partial charge < -0.3 is 15.0 Å². The Hall–Kier alpha value is -5.05. The molecular weight excluding hydrogens is 442 g/mol. The number of methoxy groups -OCH3 is 1. The third kappa shape index (κ3) is 5.14. The van der Waals surface area contributed by atoms with Crippen LogP contribution in [0.1, 0.15) is 16.1 Å². The molecule has 0 aliphatic rings. The summed E-state index contributed by atoms with van der Waals surface area (Å²) in [6.07, 6.45) is 6.73. The van der Waals surface area contributed by atoms with Crippen molar-refractivity contribution < 1.29 is 9.53 Å². The largest absolute Gasteiger partial charge is 0.497 e. The Morgan fingerprint density at radius 1 is 1.06 bits per heavy atom. The molecule has 0 atom stereocenters. The van der Waals surface area contributed by atoms with Crippen LogP contribution in [0.4, 0.5) is 11.6 Å². The molecule has 0 fully saturated rings. The summed E-state index contributed by atoms with van der Waals surface area (Å²) in [6, 6.07) is 20.5. The normalized spacial score (nSPS) is 11.0. The van der Waals surface area contributed by atoms with E-state index in [0.717, 1.165) is 39.2 Å². The second-order valence-electron chi connectivity index (χ2n) is 7.59. The van der Waals surface area contributed by atoms with E-state index in [1.54, 1.807) is 38.0 Å². The minimum Gasteiger partial charge on any atom is -0.497 e. The molecule has 0 spiro atoms. The van der Waals surface area contributed by atoms with Crippen molar-refractivity contribution in [1.29, 1.82) is 0 Å². The molecule has 0 aliphatic heterocycles. The summed E-state index contributed by atoms with van der Waals surface area (Å²) in [4.78, 5) is 28.7. The summed E-state index contributed by atoms with van der Waals surface area (Å²) in [5, 5.41) is 8.11. The smallest absolute Gasteiger partial charge is 0.287 e. The van der Waals surface area contributed by atoms with E-state index < -0.39 is 0 Å². The number of carbonyl (C=O) groups is 1. The van der Waals surface area contributed by atoms with Crippen LogP contribution in [-0.2, 0) is 0 Å². The van der Waals surface area contributed by atoms with Crippen molar-refractivity contribution >= 4 is 34.7 Å². The number of rotatable bonds is 7. The lowest BCUT2D eigenvalue weighted by atomic mass is 10.2. The molecule has 172 valence electrons. The molecule has 0 bridgehead atoms. The molecule has 0 radical (unpaired) electrons. The van der Waals surface area contributed by atoms with E-state index in [0.29, 0.717) is 11.6 Å². The Kier molecular flexibility index (Phi) is 6.12. The van der Waals surface area contributed by atoms with Crippen LogP contribution in [0.5, 0.6) is 5.75 Å². The van der Waals surface area contributed by atoms with E-state index in [9.17, 15) is 4.79 Å². The molecule has 5 rings (SSSR count). The number of hydrazone groups is 1. The van der Waals surface area contributed by atoms with Crippen molar-refractivity contribution in [3.63, 3.8) is 0 Å². The van der Waals surface area contributed by atoms with E-state index >= 15 is 0 Å². The van der Waals surface area contributed by atoms with Gasteiger partial charge in [0.15, 0.2) is 0 Å². The number of nitrogens with zero attached hydrogens (tertiary/aromatic N) is 4. The van der Waals surface area contributed by atoms with Gasteiger partial charge in [0.05, 0.1) is 19.0 Å². The molecule has 2 aromatic carbocycles. The van der Waals surface area contributed by atoms with E-state index in [2.05, 4.69) is 35.8 Å². The first-order chi connectivity index (χ1) is 17.2. The maximum Gasteiger partial charge on any atom is 0.287 e. The van der Waals surface area contributed by atoms with Crippen LogP contribution < -0.4 is 15.5 Å². The van der Waals surface area contributed by atoms with Gasteiger partial charge in [-0.05, 0) is 60.2 Å². The minimum atomic E-state index is -0.345. The number of hydrogen-bond donors (Lipinski definition) is 3. The number of amides is 1. The number of benzene rings is 2. The molecule has 0 aliphatic carbocycles. The van der Waals surface area contributed by atoms with Crippen molar-refractivity contribution in [1.82, 2.24) is 25.4 Å². The monoisotopic (exact) mass is 463 g/mol. The fraction of sp³-hybridized carbons (Fsp3) is 0.0385. The molecule has 1 amide bonds. The Bertz CT molecular complexity index is 1510. The van der Waals surface area contributed by atoms with E-state index in [4.69, 9.17) is 4.74 Å². The Labute approximate surface area is 200 Å². The average Bonchev–Trinajstić information content (AvgIpc) is 3.33. The SMILES string of the molecule is COc1cccc(/C=N/NC(=O)c2cc3cc(Nc4nccc(-c5cccnc5)n4)ccc3[nH]2)c1. The van der Waals surface area contributed by atoms with Crippen molar-refractivity contribution in [3.05, 3.63) is 96.6 Å². The highest BCUT2D eigenvalue weighted by atomic mass is 16.5. The third-order valence-corrected chi connectivity index (χ3v) is 5.21. The van der Waals surface area contributed by atoms with Gasteiger partial charge in [0.2, 0.25) is 5.95 Å². The number of hydrogen-bond acceptors (Lipinski definition) is 7. The van der Waals surface area contributed by atoms with Crippen LogP contribution in [0.2, 0.25) is 0 Å². The summed E-state index contributed by atoms with van der Waals surface area (Å²) < 4.78 is 5.19. The topological polar surface area (TPSA) is 117 Å². The first-order valence-electron chi connectivity index (χ1n) is 10.8. The lowest BCUT2D eigenvalue weighted by Gasteiger charge is -2.06. The zero-order valence-electron chi connectivity index (χ0n) is 18.8. The van der Waals surface area contributed by atoms with Gasteiger partial charge in [0, 0.05) is 40.7 Å². The zero-order chi connectivity index (χ0) is 24.0. The fourth-order valence-electron chi connectivity index (χ4n) is 3.50. The zero-order valence-corrected chi connectivity index (χ0v) is 18.8. The lowest BCUT2D eigenvalue weighted by molar-refractivity contribution is 0.0951. The van der Waals surface area contributed by atoms with Crippen LogP contribution in [-0.4, -0.2) is 39.2 Å². The quantitative estimate of drug-likeness (QED) is 0.241. The predicted molar refractivity (Wildman–Crippen MR) is 135 cm³/mol. The molecule has 0 saturated heterocycles. The fourth-order valence-corrected chi connectivity index (χ4v) is 3.50. The summed E-state index contributed by atoms with van der Waals surface area (Å²) in [7, 11) is 1.60. The maximum absolute atomic E-state index is 12.6. The molecule has 35 heavy (non-hydrogen) atoms. The van der Waals surface area contributed by atoms with Gasteiger partial charge >= 0.3 is 0 Å². The van der Waals surface area contributed by atoms with Crippen LogP contribution in [0.3, 0.4) is 0 Å². The highest BCUT2D eigenvalue weighted by Crippen LogP contribution is 2.23. The molecule has 0 saturated carbocycles. The Morgan fingerprint density at radius 3 is 2.86 bits per heavy atom. The van der Waals surface area contributed by atoms with Gasteiger partial charge in [0.1, 0.15) is 11.4 Å². The summed E-state index contributed by atoms with van der Waals surface area (Å²) >= 11 is 0. The van der Waals surface area contributed by atoms with Crippen molar-refractivity contribution in [2.24, 2.45) is 5.10 Å². The molecule has 3 heterocycles. The van der Waals surface area contributed by atoms with Crippen LogP contribution in [0.15, 0.2) is 90.4 Å². The number of fused-ring (bicyclic) bond motifs is 1. The third-order valence-electron chi connectivity index (χ3n) is 5.21. The maximum atomic E-state index is 12.6. The van der Waals surface area contributed by atoms with Gasteiger partial charge in [-0.3, -0.25) is 9.78 Å². The molecular formula is C26H21N7O2. The number of nitrogens with one attached hydrogen (secondary N) is 3. The second kappa shape index (κ2) is 9.84.